The Hall–Kier alpha value is -1.66. The van der Waals surface area contributed by atoms with Crippen molar-refractivity contribution in [2.75, 3.05) is 34.0 Å². The van der Waals surface area contributed by atoms with E-state index in [2.05, 4.69) is 20.2 Å². The number of rotatable bonds is 10. The van der Waals surface area contributed by atoms with Crippen LogP contribution in [0.15, 0.2) is 12.4 Å². The zero-order valence-electron chi connectivity index (χ0n) is 17.2. The monoisotopic (exact) mass is 459 g/mol. The van der Waals surface area contributed by atoms with E-state index in [0.717, 1.165) is 12.2 Å². The second kappa shape index (κ2) is 10.1. The van der Waals surface area contributed by atoms with Crippen LogP contribution in [0.5, 0.6) is 0 Å². The van der Waals surface area contributed by atoms with Gasteiger partial charge >= 0.3 is 0 Å². The standard InChI is InChI=1S/C18H26ClN5O5S/c1-12(16(28-3)17-20-8-14(19)9-21-17)30(25,26)11-15-22-23-18(13-4-6-29-10-13)24(15)5-7-27-2/h8-9,12-13,16H,4-7,10-11H2,1-3H3/t12-,13-,16-/m0/s1. The number of hydrogen-bond acceptors (Lipinski definition) is 9. The lowest BCUT2D eigenvalue weighted by atomic mass is 10.1. The van der Waals surface area contributed by atoms with E-state index in [1.807, 2.05) is 4.57 Å². The first-order valence-corrected chi connectivity index (χ1v) is 11.7. The number of sulfone groups is 1. The summed E-state index contributed by atoms with van der Waals surface area (Å²) >= 11 is 5.83. The van der Waals surface area contributed by atoms with E-state index in [4.69, 9.17) is 25.8 Å². The largest absolute Gasteiger partial charge is 0.383 e. The average Bonchev–Trinajstić information content (AvgIpc) is 3.38. The molecule has 10 nitrogen and oxygen atoms in total. The molecule has 2 aromatic heterocycles. The molecule has 2 aromatic rings. The molecular weight excluding hydrogens is 434 g/mol. The van der Waals surface area contributed by atoms with Crippen LogP contribution in [0, 0.1) is 0 Å². The van der Waals surface area contributed by atoms with Crippen LogP contribution in [-0.2, 0) is 36.3 Å². The molecule has 0 saturated carbocycles. The van der Waals surface area contributed by atoms with E-state index in [0.29, 0.717) is 37.2 Å². The summed E-state index contributed by atoms with van der Waals surface area (Å²) < 4.78 is 44.3. The topological polar surface area (TPSA) is 118 Å². The molecule has 1 aliphatic heterocycles. The maximum Gasteiger partial charge on any atom is 0.163 e. The van der Waals surface area contributed by atoms with Gasteiger partial charge in [0.05, 0.1) is 23.5 Å². The van der Waals surface area contributed by atoms with Crippen molar-refractivity contribution in [3.8, 4) is 0 Å². The first kappa shape index (κ1) is 23.0. The highest BCUT2D eigenvalue weighted by molar-refractivity contribution is 7.91. The van der Waals surface area contributed by atoms with Gasteiger partial charge in [-0.1, -0.05) is 11.6 Å². The Kier molecular flexibility index (Phi) is 7.75. The van der Waals surface area contributed by atoms with E-state index in [-0.39, 0.29) is 17.5 Å². The van der Waals surface area contributed by atoms with Gasteiger partial charge in [-0.25, -0.2) is 18.4 Å². The van der Waals surface area contributed by atoms with E-state index in [9.17, 15) is 8.42 Å². The van der Waals surface area contributed by atoms with E-state index in [1.54, 1.807) is 14.0 Å². The molecule has 0 bridgehead atoms. The lowest BCUT2D eigenvalue weighted by Gasteiger charge is -2.21. The zero-order chi connectivity index (χ0) is 21.7. The summed E-state index contributed by atoms with van der Waals surface area (Å²) in [5, 5.41) is 7.91. The lowest BCUT2D eigenvalue weighted by molar-refractivity contribution is 0.0948. The van der Waals surface area contributed by atoms with Gasteiger partial charge in [0.2, 0.25) is 0 Å². The Morgan fingerprint density at radius 2 is 2.03 bits per heavy atom. The zero-order valence-corrected chi connectivity index (χ0v) is 18.8. The number of aromatic nitrogens is 5. The van der Waals surface area contributed by atoms with Crippen molar-refractivity contribution in [3.05, 3.63) is 34.9 Å². The molecular formula is C18H26ClN5O5S. The molecule has 0 amide bonds. The highest BCUT2D eigenvalue weighted by Gasteiger charge is 2.35. The molecule has 166 valence electrons. The molecule has 1 aliphatic rings. The van der Waals surface area contributed by atoms with Crippen LogP contribution in [0.3, 0.4) is 0 Å². The fraction of sp³-hybridized carbons (Fsp3) is 0.667. The van der Waals surface area contributed by atoms with E-state index >= 15 is 0 Å². The molecule has 3 rings (SSSR count). The number of hydrogen-bond donors (Lipinski definition) is 0. The molecule has 1 fully saturated rings. The summed E-state index contributed by atoms with van der Waals surface area (Å²) in [7, 11) is -0.656. The fourth-order valence-corrected chi connectivity index (χ4v) is 4.94. The van der Waals surface area contributed by atoms with Crippen molar-refractivity contribution in [1.82, 2.24) is 24.7 Å². The lowest BCUT2D eigenvalue weighted by Crippen LogP contribution is -2.30. The van der Waals surface area contributed by atoms with Crippen LogP contribution in [0.1, 0.15) is 42.8 Å². The van der Waals surface area contributed by atoms with Crippen molar-refractivity contribution in [3.63, 3.8) is 0 Å². The predicted molar refractivity (Wildman–Crippen MR) is 109 cm³/mol. The van der Waals surface area contributed by atoms with Gasteiger partial charge in [0.15, 0.2) is 15.7 Å². The Bertz CT molecular complexity index is 931. The Morgan fingerprint density at radius 3 is 2.63 bits per heavy atom. The van der Waals surface area contributed by atoms with E-state index in [1.165, 1.54) is 19.5 Å². The van der Waals surface area contributed by atoms with Crippen LogP contribution in [0.2, 0.25) is 5.02 Å². The third-order valence-electron chi connectivity index (χ3n) is 5.14. The first-order chi connectivity index (χ1) is 14.4. The summed E-state index contributed by atoms with van der Waals surface area (Å²) in [6, 6.07) is 0. The van der Waals surface area contributed by atoms with Gasteiger partial charge in [-0.05, 0) is 13.3 Å². The molecule has 1 saturated heterocycles. The van der Waals surface area contributed by atoms with Gasteiger partial charge in [0.1, 0.15) is 23.5 Å². The second-order valence-electron chi connectivity index (χ2n) is 7.11. The smallest absolute Gasteiger partial charge is 0.163 e. The normalized spacial score (nSPS) is 19.1. The second-order valence-corrected chi connectivity index (χ2v) is 9.90. The van der Waals surface area contributed by atoms with Crippen LogP contribution < -0.4 is 0 Å². The Labute approximate surface area is 180 Å². The maximum atomic E-state index is 13.2. The molecule has 0 unspecified atom stereocenters. The Balaban J connectivity index is 1.85. The van der Waals surface area contributed by atoms with Crippen molar-refractivity contribution >= 4 is 21.4 Å². The average molecular weight is 460 g/mol. The third kappa shape index (κ3) is 5.14. The molecule has 3 atom stereocenters. The van der Waals surface area contributed by atoms with E-state index < -0.39 is 21.2 Å². The van der Waals surface area contributed by atoms with Gasteiger partial charge in [-0.15, -0.1) is 10.2 Å². The van der Waals surface area contributed by atoms with Gasteiger partial charge in [-0.2, -0.15) is 0 Å². The number of methoxy groups -OCH3 is 2. The van der Waals surface area contributed by atoms with Crippen LogP contribution in [0.4, 0.5) is 0 Å². The highest BCUT2D eigenvalue weighted by Crippen LogP contribution is 2.28. The Morgan fingerprint density at radius 1 is 1.30 bits per heavy atom. The van der Waals surface area contributed by atoms with Crippen molar-refractivity contribution in [2.45, 2.75) is 42.9 Å². The fourth-order valence-electron chi connectivity index (χ4n) is 3.40. The van der Waals surface area contributed by atoms with Crippen LogP contribution >= 0.6 is 11.6 Å². The van der Waals surface area contributed by atoms with Crippen LogP contribution in [0.25, 0.3) is 0 Å². The molecule has 0 spiro atoms. The van der Waals surface area contributed by atoms with Gasteiger partial charge in [0, 0.05) is 45.7 Å². The molecule has 0 aromatic carbocycles. The predicted octanol–water partition coefficient (Wildman–Crippen LogP) is 1.56. The van der Waals surface area contributed by atoms with Gasteiger partial charge in [0.25, 0.3) is 0 Å². The van der Waals surface area contributed by atoms with Gasteiger partial charge in [-0.3, -0.25) is 0 Å². The van der Waals surface area contributed by atoms with Crippen molar-refractivity contribution in [2.24, 2.45) is 0 Å². The van der Waals surface area contributed by atoms with Crippen molar-refractivity contribution < 1.29 is 22.6 Å². The minimum absolute atomic E-state index is 0.0948. The first-order valence-electron chi connectivity index (χ1n) is 9.57. The molecule has 12 heteroatoms. The number of ether oxygens (including phenoxy) is 3. The molecule has 0 N–H and O–H groups in total. The number of nitrogens with zero attached hydrogens (tertiary/aromatic N) is 5. The minimum Gasteiger partial charge on any atom is -0.383 e. The third-order valence-corrected chi connectivity index (χ3v) is 7.38. The summed E-state index contributed by atoms with van der Waals surface area (Å²) in [4.78, 5) is 8.22. The quantitative estimate of drug-likeness (QED) is 0.521. The van der Waals surface area contributed by atoms with Crippen molar-refractivity contribution in [1.29, 1.82) is 0 Å². The molecule has 0 radical (unpaired) electrons. The summed E-state index contributed by atoms with van der Waals surface area (Å²) in [6.07, 6.45) is 2.80. The SMILES string of the molecule is COCCn1c(CS(=O)(=O)[C@@H](C)[C@H](OC)c2ncc(Cl)cn2)nnc1[C@H]1CCOC1. The molecule has 0 aliphatic carbocycles. The summed E-state index contributed by atoms with van der Waals surface area (Å²) in [6.45, 7) is 3.66. The summed E-state index contributed by atoms with van der Waals surface area (Å²) in [5.74, 6) is 1.16. The van der Waals surface area contributed by atoms with Gasteiger partial charge < -0.3 is 18.8 Å². The molecule has 3 heterocycles. The van der Waals surface area contributed by atoms with Crippen LogP contribution in [-0.4, -0.2) is 72.4 Å². The summed E-state index contributed by atoms with van der Waals surface area (Å²) in [5.41, 5.74) is 0. The number of halogens is 1. The molecule has 30 heavy (non-hydrogen) atoms. The minimum atomic E-state index is -3.67. The highest BCUT2D eigenvalue weighted by atomic mass is 35.5. The maximum absolute atomic E-state index is 13.2.